The van der Waals surface area contributed by atoms with Crippen molar-refractivity contribution in [3.05, 3.63) is 35.0 Å². The smallest absolute Gasteiger partial charge is 0.355 e. The fourth-order valence-electron chi connectivity index (χ4n) is 3.17. The number of aromatic nitrogens is 1. The van der Waals surface area contributed by atoms with Crippen LogP contribution in [0.4, 0.5) is 0 Å². The van der Waals surface area contributed by atoms with Gasteiger partial charge in [0.05, 0.1) is 18.5 Å². The molecule has 2 aromatic rings. The summed E-state index contributed by atoms with van der Waals surface area (Å²) < 4.78 is 7.07. The number of esters is 1. The van der Waals surface area contributed by atoms with Gasteiger partial charge in [0.25, 0.3) is 0 Å². The monoisotopic (exact) mass is 287 g/mol. The second-order valence-electron chi connectivity index (χ2n) is 5.19. The Bertz CT molecular complexity index is 729. The minimum atomic E-state index is -0.941. The van der Waals surface area contributed by atoms with Crippen molar-refractivity contribution in [2.75, 3.05) is 6.61 Å². The zero-order chi connectivity index (χ0) is 15.0. The average Bonchev–Trinajstić information content (AvgIpc) is 2.75. The summed E-state index contributed by atoms with van der Waals surface area (Å²) in [6, 6.07) is 5.85. The molecule has 0 saturated heterocycles. The van der Waals surface area contributed by atoms with Gasteiger partial charge in [0.2, 0.25) is 0 Å². The normalized spacial score (nSPS) is 13.4. The van der Waals surface area contributed by atoms with Crippen LogP contribution in [0.1, 0.15) is 35.0 Å². The topological polar surface area (TPSA) is 68.5 Å². The highest BCUT2D eigenvalue weighted by atomic mass is 16.5. The van der Waals surface area contributed by atoms with E-state index in [0.717, 1.165) is 30.3 Å². The highest BCUT2D eigenvalue weighted by molar-refractivity contribution is 6.02. The van der Waals surface area contributed by atoms with E-state index in [0.29, 0.717) is 11.3 Å². The fraction of sp³-hybridized carbons (Fsp3) is 0.375. The molecule has 1 N–H and O–H groups in total. The molecule has 21 heavy (non-hydrogen) atoms. The molecule has 0 aliphatic carbocycles. The van der Waals surface area contributed by atoms with Crippen LogP contribution in [0.5, 0.6) is 0 Å². The minimum Gasteiger partial charge on any atom is -0.481 e. The summed E-state index contributed by atoms with van der Waals surface area (Å²) in [7, 11) is 0. The molecule has 3 rings (SSSR count). The van der Waals surface area contributed by atoms with E-state index in [1.807, 2.05) is 22.8 Å². The van der Waals surface area contributed by atoms with Crippen molar-refractivity contribution >= 4 is 22.8 Å². The molecule has 1 aromatic carbocycles. The van der Waals surface area contributed by atoms with Crippen molar-refractivity contribution in [1.82, 2.24) is 4.57 Å². The third kappa shape index (κ3) is 2.18. The lowest BCUT2D eigenvalue weighted by molar-refractivity contribution is -0.136. The van der Waals surface area contributed by atoms with E-state index < -0.39 is 11.9 Å². The SMILES string of the molecule is CCOC(=O)c1c(CC(=O)O)c2cccc3c2n1CCC3. The number of rotatable bonds is 4. The zero-order valence-corrected chi connectivity index (χ0v) is 11.9. The van der Waals surface area contributed by atoms with E-state index in [9.17, 15) is 9.59 Å². The quantitative estimate of drug-likeness (QED) is 0.877. The van der Waals surface area contributed by atoms with E-state index in [1.165, 1.54) is 5.56 Å². The molecule has 0 atom stereocenters. The molecule has 0 saturated carbocycles. The van der Waals surface area contributed by atoms with Crippen LogP contribution in [0, 0.1) is 0 Å². The van der Waals surface area contributed by atoms with Gasteiger partial charge < -0.3 is 14.4 Å². The number of benzene rings is 1. The summed E-state index contributed by atoms with van der Waals surface area (Å²) in [6.45, 7) is 2.75. The number of carbonyl (C=O) groups is 2. The van der Waals surface area contributed by atoms with Gasteiger partial charge in [0.15, 0.2) is 0 Å². The minimum absolute atomic E-state index is 0.166. The highest BCUT2D eigenvalue weighted by Crippen LogP contribution is 2.33. The van der Waals surface area contributed by atoms with E-state index >= 15 is 0 Å². The second-order valence-corrected chi connectivity index (χ2v) is 5.19. The lowest BCUT2D eigenvalue weighted by Gasteiger charge is -2.17. The van der Waals surface area contributed by atoms with Crippen LogP contribution < -0.4 is 0 Å². The molecule has 1 aliphatic rings. The van der Waals surface area contributed by atoms with Crippen LogP contribution in [0.2, 0.25) is 0 Å². The Morgan fingerprint density at radius 2 is 2.19 bits per heavy atom. The van der Waals surface area contributed by atoms with E-state index in [4.69, 9.17) is 9.84 Å². The second kappa shape index (κ2) is 5.24. The molecular formula is C16H17NO4. The number of aryl methyl sites for hydroxylation is 2. The Kier molecular flexibility index (Phi) is 3.41. The summed E-state index contributed by atoms with van der Waals surface area (Å²) in [6.07, 6.45) is 1.73. The first-order chi connectivity index (χ1) is 10.1. The highest BCUT2D eigenvalue weighted by Gasteiger charge is 2.27. The van der Waals surface area contributed by atoms with Gasteiger partial charge in [-0.3, -0.25) is 4.79 Å². The number of hydrogen-bond acceptors (Lipinski definition) is 3. The van der Waals surface area contributed by atoms with Crippen LogP contribution in [-0.4, -0.2) is 28.2 Å². The Hall–Kier alpha value is -2.30. The first kappa shape index (κ1) is 13.7. The largest absolute Gasteiger partial charge is 0.481 e. The zero-order valence-electron chi connectivity index (χ0n) is 11.9. The first-order valence-corrected chi connectivity index (χ1v) is 7.15. The van der Waals surface area contributed by atoms with Crippen molar-refractivity contribution in [2.45, 2.75) is 32.7 Å². The molecule has 0 fully saturated rings. The maximum Gasteiger partial charge on any atom is 0.355 e. The molecule has 0 radical (unpaired) electrons. The molecule has 0 amide bonds. The predicted molar refractivity (Wildman–Crippen MR) is 77.6 cm³/mol. The van der Waals surface area contributed by atoms with Crippen LogP contribution in [-0.2, 0) is 28.9 Å². The summed E-state index contributed by atoms with van der Waals surface area (Å²) in [4.78, 5) is 23.5. The van der Waals surface area contributed by atoms with Gasteiger partial charge in [-0.1, -0.05) is 18.2 Å². The van der Waals surface area contributed by atoms with Crippen LogP contribution in [0.15, 0.2) is 18.2 Å². The van der Waals surface area contributed by atoms with Gasteiger partial charge in [-0.25, -0.2) is 4.79 Å². The Labute approximate surface area is 122 Å². The third-order valence-corrected chi connectivity index (χ3v) is 3.90. The van der Waals surface area contributed by atoms with Gasteiger partial charge in [0.1, 0.15) is 5.69 Å². The van der Waals surface area contributed by atoms with Crippen molar-refractivity contribution in [1.29, 1.82) is 0 Å². The first-order valence-electron chi connectivity index (χ1n) is 7.15. The molecule has 1 aromatic heterocycles. The van der Waals surface area contributed by atoms with Gasteiger partial charge in [-0.2, -0.15) is 0 Å². The predicted octanol–water partition coefficient (Wildman–Crippen LogP) is 2.39. The molecule has 110 valence electrons. The number of carboxylic acids is 1. The summed E-state index contributed by atoms with van der Waals surface area (Å²) >= 11 is 0. The summed E-state index contributed by atoms with van der Waals surface area (Å²) in [5.41, 5.74) is 3.13. The lowest BCUT2D eigenvalue weighted by Crippen LogP contribution is -2.17. The number of hydrogen-bond donors (Lipinski definition) is 1. The molecule has 1 aliphatic heterocycles. The number of carbonyl (C=O) groups excluding carboxylic acids is 1. The summed E-state index contributed by atoms with van der Waals surface area (Å²) in [5, 5.41) is 10.0. The number of carboxylic acid groups (broad SMARTS) is 1. The van der Waals surface area contributed by atoms with Crippen molar-refractivity contribution in [2.24, 2.45) is 0 Å². The van der Waals surface area contributed by atoms with E-state index in [1.54, 1.807) is 6.92 Å². The summed E-state index contributed by atoms with van der Waals surface area (Å²) in [5.74, 6) is -1.37. The molecule has 5 nitrogen and oxygen atoms in total. The number of aliphatic carboxylic acids is 1. The Morgan fingerprint density at radius 1 is 1.38 bits per heavy atom. The van der Waals surface area contributed by atoms with Gasteiger partial charge in [-0.05, 0) is 25.3 Å². The number of nitrogens with zero attached hydrogens (tertiary/aromatic N) is 1. The Morgan fingerprint density at radius 3 is 2.90 bits per heavy atom. The molecule has 0 unspecified atom stereocenters. The lowest BCUT2D eigenvalue weighted by atomic mass is 10.0. The molecule has 0 bridgehead atoms. The van der Waals surface area contributed by atoms with E-state index in [-0.39, 0.29) is 13.0 Å². The molecule has 0 spiro atoms. The number of para-hydroxylation sites is 1. The number of ether oxygens (including phenoxy) is 1. The van der Waals surface area contributed by atoms with Crippen molar-refractivity contribution in [3.8, 4) is 0 Å². The maximum atomic E-state index is 12.3. The van der Waals surface area contributed by atoms with Crippen LogP contribution in [0.25, 0.3) is 10.9 Å². The maximum absolute atomic E-state index is 12.3. The van der Waals surface area contributed by atoms with Crippen LogP contribution in [0.3, 0.4) is 0 Å². The van der Waals surface area contributed by atoms with Gasteiger partial charge >= 0.3 is 11.9 Å². The van der Waals surface area contributed by atoms with E-state index in [2.05, 4.69) is 0 Å². The van der Waals surface area contributed by atoms with Crippen LogP contribution >= 0.6 is 0 Å². The van der Waals surface area contributed by atoms with Crippen molar-refractivity contribution in [3.63, 3.8) is 0 Å². The van der Waals surface area contributed by atoms with Gasteiger partial charge in [0, 0.05) is 17.5 Å². The molecular weight excluding hydrogens is 270 g/mol. The Balaban J connectivity index is 2.30. The van der Waals surface area contributed by atoms with Crippen molar-refractivity contribution < 1.29 is 19.4 Å². The average molecular weight is 287 g/mol. The standard InChI is InChI=1S/C16H17NO4/c1-2-21-16(20)15-12(9-13(18)19)11-7-3-5-10-6-4-8-17(15)14(10)11/h3,5,7H,2,4,6,8-9H2,1H3,(H,18,19). The molecule has 2 heterocycles. The fourth-order valence-corrected chi connectivity index (χ4v) is 3.17. The third-order valence-electron chi connectivity index (χ3n) is 3.90. The molecule has 5 heteroatoms. The van der Waals surface area contributed by atoms with Gasteiger partial charge in [-0.15, -0.1) is 0 Å².